The van der Waals surface area contributed by atoms with E-state index < -0.39 is 0 Å². The highest BCUT2D eigenvalue weighted by Crippen LogP contribution is 2.42. The molecule has 172 valence electrons. The third-order valence-corrected chi connectivity index (χ3v) is 7.04. The van der Waals surface area contributed by atoms with Crippen LogP contribution >= 0.6 is 23.4 Å². The lowest BCUT2D eigenvalue weighted by molar-refractivity contribution is -0.113. The van der Waals surface area contributed by atoms with E-state index >= 15 is 0 Å². The first-order chi connectivity index (χ1) is 16.3. The van der Waals surface area contributed by atoms with Crippen molar-refractivity contribution < 1.29 is 14.3 Å². The Kier molecular flexibility index (Phi) is 5.88. The summed E-state index contributed by atoms with van der Waals surface area (Å²) < 4.78 is 10.9. The second-order valence-corrected chi connectivity index (χ2v) is 9.87. The lowest BCUT2D eigenvalue weighted by atomic mass is 10.1. The number of aliphatic imine (C=N–C) groups is 1. The van der Waals surface area contributed by atoms with E-state index in [9.17, 15) is 4.79 Å². The number of amidine groups is 1. The van der Waals surface area contributed by atoms with E-state index in [2.05, 4.69) is 19.1 Å². The summed E-state index contributed by atoms with van der Waals surface area (Å²) in [5.74, 6) is 1.07. The van der Waals surface area contributed by atoms with Gasteiger partial charge in [0.05, 0.1) is 21.3 Å². The number of anilines is 1. The van der Waals surface area contributed by atoms with Crippen LogP contribution in [0.3, 0.4) is 0 Å². The van der Waals surface area contributed by atoms with Crippen molar-refractivity contribution in [1.82, 2.24) is 0 Å². The summed E-state index contributed by atoms with van der Waals surface area (Å²) in [5, 5.41) is 1.09. The molecule has 0 saturated carbocycles. The molecule has 1 fully saturated rings. The van der Waals surface area contributed by atoms with Gasteiger partial charge in [-0.25, -0.2) is 4.99 Å². The van der Waals surface area contributed by atoms with E-state index in [0.717, 1.165) is 28.1 Å². The maximum atomic E-state index is 13.7. The van der Waals surface area contributed by atoms with Crippen LogP contribution in [0, 0.1) is 27.7 Å². The van der Waals surface area contributed by atoms with Crippen molar-refractivity contribution in [2.24, 2.45) is 4.99 Å². The van der Waals surface area contributed by atoms with Crippen LogP contribution in [-0.2, 0) is 4.79 Å². The minimum Gasteiger partial charge on any atom is -0.454 e. The molecule has 3 aromatic carbocycles. The predicted octanol–water partition coefficient (Wildman–Crippen LogP) is 7.11. The first-order valence-corrected chi connectivity index (χ1v) is 12.1. The third kappa shape index (κ3) is 4.19. The summed E-state index contributed by atoms with van der Waals surface area (Å²) in [4.78, 5) is 20.8. The van der Waals surface area contributed by atoms with Gasteiger partial charge in [-0.2, -0.15) is 0 Å². The van der Waals surface area contributed by atoms with Gasteiger partial charge >= 0.3 is 0 Å². The molecule has 0 aromatic heterocycles. The van der Waals surface area contributed by atoms with Crippen molar-refractivity contribution >= 4 is 51.9 Å². The maximum Gasteiger partial charge on any atom is 0.271 e. The number of halogens is 1. The summed E-state index contributed by atoms with van der Waals surface area (Å²) in [6.45, 7) is 8.28. The normalized spacial score (nSPS) is 17.3. The molecular weight excluding hydrogens is 468 g/mol. The predicted molar refractivity (Wildman–Crippen MR) is 140 cm³/mol. The van der Waals surface area contributed by atoms with Crippen LogP contribution in [0.1, 0.15) is 27.8 Å². The van der Waals surface area contributed by atoms with Gasteiger partial charge in [0.1, 0.15) is 0 Å². The van der Waals surface area contributed by atoms with Gasteiger partial charge in [-0.1, -0.05) is 47.0 Å². The van der Waals surface area contributed by atoms with Crippen molar-refractivity contribution in [3.05, 3.63) is 86.3 Å². The smallest absolute Gasteiger partial charge is 0.271 e. The van der Waals surface area contributed by atoms with Crippen molar-refractivity contribution in [3.8, 4) is 11.5 Å². The number of benzene rings is 3. The summed E-state index contributed by atoms with van der Waals surface area (Å²) in [7, 11) is 0. The minimum atomic E-state index is -0.144. The van der Waals surface area contributed by atoms with Gasteiger partial charge in [-0.15, -0.1) is 0 Å². The SMILES string of the molecule is Cc1ccc(N=C2S/C(=C\c3cc4c(cc3Cl)OCO4)C(=O)N2c2ccc(C)cc2C)c(C)c1. The van der Waals surface area contributed by atoms with E-state index in [1.807, 2.05) is 45.0 Å². The highest BCUT2D eigenvalue weighted by molar-refractivity contribution is 8.19. The van der Waals surface area contributed by atoms with E-state index in [1.54, 1.807) is 23.1 Å². The molecule has 0 N–H and O–H groups in total. The molecule has 2 aliphatic heterocycles. The minimum absolute atomic E-state index is 0.144. The number of hydrogen-bond donors (Lipinski definition) is 0. The van der Waals surface area contributed by atoms with Crippen LogP contribution in [0.5, 0.6) is 11.5 Å². The molecule has 0 atom stereocenters. The van der Waals surface area contributed by atoms with Gasteiger partial charge in [-0.3, -0.25) is 9.69 Å². The Hall–Kier alpha value is -3.22. The number of amides is 1. The number of thioether (sulfide) groups is 1. The van der Waals surface area contributed by atoms with Gasteiger partial charge in [-0.05, 0) is 80.4 Å². The molecule has 5 rings (SSSR count). The lowest BCUT2D eigenvalue weighted by Gasteiger charge is -2.19. The Bertz CT molecular complexity index is 1400. The fraction of sp³-hybridized carbons (Fsp3) is 0.185. The standard InChI is InChI=1S/C27H23ClN2O3S/c1-15-5-7-21(17(3)9-15)29-27-30(22-8-6-16(2)10-18(22)4)26(31)25(34-27)12-19-11-23-24(13-20(19)28)33-14-32-23/h5-13H,14H2,1-4H3/b25-12-,29-27?. The number of nitrogens with zero attached hydrogens (tertiary/aromatic N) is 2. The number of hydrogen-bond acceptors (Lipinski definition) is 5. The summed E-state index contributed by atoms with van der Waals surface area (Å²) in [6, 6.07) is 15.7. The average Bonchev–Trinajstić information content (AvgIpc) is 3.35. The number of rotatable bonds is 3. The van der Waals surface area contributed by atoms with Crippen LogP contribution in [-0.4, -0.2) is 17.9 Å². The summed E-state index contributed by atoms with van der Waals surface area (Å²) in [6.07, 6.45) is 1.79. The molecule has 7 heteroatoms. The Morgan fingerprint density at radius 3 is 2.32 bits per heavy atom. The Labute approximate surface area is 208 Å². The van der Waals surface area contributed by atoms with E-state index in [0.29, 0.717) is 32.2 Å². The molecule has 2 heterocycles. The summed E-state index contributed by atoms with van der Waals surface area (Å²) in [5.41, 5.74) is 6.69. The van der Waals surface area contributed by atoms with E-state index in [4.69, 9.17) is 26.1 Å². The number of ether oxygens (including phenoxy) is 2. The molecule has 2 aliphatic rings. The number of aryl methyl sites for hydroxylation is 4. The zero-order valence-corrected chi connectivity index (χ0v) is 20.9. The quantitative estimate of drug-likeness (QED) is 0.367. The molecule has 3 aromatic rings. The van der Waals surface area contributed by atoms with E-state index in [-0.39, 0.29) is 12.7 Å². The molecule has 5 nitrogen and oxygen atoms in total. The van der Waals surface area contributed by atoms with E-state index in [1.165, 1.54) is 17.3 Å². The van der Waals surface area contributed by atoms with Crippen molar-refractivity contribution in [3.63, 3.8) is 0 Å². The van der Waals surface area contributed by atoms with Crippen LogP contribution in [0.2, 0.25) is 5.02 Å². The number of carbonyl (C=O) groups is 1. The topological polar surface area (TPSA) is 51.1 Å². The second kappa shape index (κ2) is 8.85. The highest BCUT2D eigenvalue weighted by Gasteiger charge is 2.36. The van der Waals surface area contributed by atoms with Crippen molar-refractivity contribution in [2.75, 3.05) is 11.7 Å². The fourth-order valence-electron chi connectivity index (χ4n) is 4.04. The first kappa shape index (κ1) is 22.6. The zero-order valence-electron chi connectivity index (χ0n) is 19.3. The highest BCUT2D eigenvalue weighted by atomic mass is 35.5. The van der Waals surface area contributed by atoms with Crippen LogP contribution in [0.15, 0.2) is 58.4 Å². The van der Waals surface area contributed by atoms with Crippen molar-refractivity contribution in [2.45, 2.75) is 27.7 Å². The Morgan fingerprint density at radius 1 is 0.941 bits per heavy atom. The molecular formula is C27H23ClN2O3S. The molecule has 1 amide bonds. The van der Waals surface area contributed by atoms with Crippen LogP contribution in [0.4, 0.5) is 11.4 Å². The zero-order chi connectivity index (χ0) is 24.0. The van der Waals surface area contributed by atoms with Gasteiger partial charge in [0.25, 0.3) is 5.91 Å². The Morgan fingerprint density at radius 2 is 1.62 bits per heavy atom. The summed E-state index contributed by atoms with van der Waals surface area (Å²) >= 11 is 7.82. The first-order valence-electron chi connectivity index (χ1n) is 10.9. The molecule has 0 bridgehead atoms. The molecule has 0 aliphatic carbocycles. The van der Waals surface area contributed by atoms with Crippen molar-refractivity contribution in [1.29, 1.82) is 0 Å². The maximum absolute atomic E-state index is 13.7. The largest absolute Gasteiger partial charge is 0.454 e. The lowest BCUT2D eigenvalue weighted by Crippen LogP contribution is -2.29. The van der Waals surface area contributed by atoms with Gasteiger partial charge in [0, 0.05) is 6.07 Å². The molecule has 34 heavy (non-hydrogen) atoms. The van der Waals surface area contributed by atoms with Crippen LogP contribution < -0.4 is 14.4 Å². The fourth-order valence-corrected chi connectivity index (χ4v) is 5.22. The number of carbonyl (C=O) groups excluding carboxylic acids is 1. The van der Waals surface area contributed by atoms with Crippen LogP contribution in [0.25, 0.3) is 6.08 Å². The van der Waals surface area contributed by atoms with Gasteiger partial charge in [0.15, 0.2) is 16.7 Å². The average molecular weight is 491 g/mol. The second-order valence-electron chi connectivity index (χ2n) is 8.45. The molecule has 0 radical (unpaired) electrons. The third-order valence-electron chi connectivity index (χ3n) is 5.75. The Balaban J connectivity index is 1.62. The molecule has 0 spiro atoms. The number of fused-ring (bicyclic) bond motifs is 1. The molecule has 0 unspecified atom stereocenters. The molecule has 1 saturated heterocycles. The monoisotopic (exact) mass is 490 g/mol. The van der Waals surface area contributed by atoms with Gasteiger partial charge in [0.2, 0.25) is 6.79 Å². The van der Waals surface area contributed by atoms with Gasteiger partial charge < -0.3 is 9.47 Å².